The van der Waals surface area contributed by atoms with E-state index in [0.29, 0.717) is 18.5 Å². The van der Waals surface area contributed by atoms with Crippen LogP contribution in [-0.2, 0) is 11.3 Å². The molecule has 1 aromatic rings. The molecule has 0 radical (unpaired) electrons. The molecule has 2 unspecified atom stereocenters. The third kappa shape index (κ3) is 3.48. The van der Waals surface area contributed by atoms with Crippen molar-refractivity contribution in [1.82, 2.24) is 9.88 Å². The Labute approximate surface area is 107 Å². The van der Waals surface area contributed by atoms with Crippen molar-refractivity contribution >= 4 is 11.3 Å². The molecule has 0 spiro atoms. The summed E-state index contributed by atoms with van der Waals surface area (Å²) in [6.45, 7) is 3.32. The Balaban J connectivity index is 1.92. The molecule has 0 saturated carbocycles. The quantitative estimate of drug-likeness (QED) is 0.862. The Morgan fingerprint density at radius 2 is 2.59 bits per heavy atom. The first-order chi connectivity index (χ1) is 8.31. The Morgan fingerprint density at radius 1 is 1.71 bits per heavy atom. The van der Waals surface area contributed by atoms with Crippen molar-refractivity contribution in [1.29, 1.82) is 0 Å². The summed E-state index contributed by atoms with van der Waals surface area (Å²) in [5.74, 6) is 0.567. The van der Waals surface area contributed by atoms with E-state index in [-0.39, 0.29) is 0 Å². The van der Waals surface area contributed by atoms with E-state index < -0.39 is 0 Å². The van der Waals surface area contributed by atoms with Gasteiger partial charge in [0.15, 0.2) is 0 Å². The fraction of sp³-hybridized carbons (Fsp3) is 0.750. The predicted molar refractivity (Wildman–Crippen MR) is 70.0 cm³/mol. The highest BCUT2D eigenvalue weighted by Crippen LogP contribution is 2.21. The van der Waals surface area contributed by atoms with E-state index in [1.807, 2.05) is 5.51 Å². The van der Waals surface area contributed by atoms with Crippen LogP contribution in [0.15, 0.2) is 10.9 Å². The molecule has 1 saturated heterocycles. The van der Waals surface area contributed by atoms with Crippen molar-refractivity contribution in [3.63, 3.8) is 0 Å². The summed E-state index contributed by atoms with van der Waals surface area (Å²) >= 11 is 1.64. The van der Waals surface area contributed by atoms with E-state index in [0.717, 1.165) is 31.9 Å². The van der Waals surface area contributed by atoms with E-state index in [2.05, 4.69) is 22.3 Å². The van der Waals surface area contributed by atoms with Crippen LogP contribution in [-0.4, -0.2) is 42.7 Å². The maximum absolute atomic E-state index is 5.92. The molecule has 2 heterocycles. The van der Waals surface area contributed by atoms with Crippen molar-refractivity contribution in [2.24, 2.45) is 11.7 Å². The first-order valence-corrected chi connectivity index (χ1v) is 7.10. The van der Waals surface area contributed by atoms with Crippen molar-refractivity contribution in [2.75, 3.05) is 26.8 Å². The van der Waals surface area contributed by atoms with E-state index in [1.54, 1.807) is 11.3 Å². The Kier molecular flexibility index (Phi) is 4.91. The van der Waals surface area contributed by atoms with Crippen LogP contribution in [0.4, 0.5) is 0 Å². The van der Waals surface area contributed by atoms with Gasteiger partial charge in [-0.2, -0.15) is 0 Å². The highest BCUT2D eigenvalue weighted by molar-refractivity contribution is 7.07. The zero-order chi connectivity index (χ0) is 12.1. The second-order valence-corrected chi connectivity index (χ2v) is 5.39. The summed E-state index contributed by atoms with van der Waals surface area (Å²) in [7, 11) is 2.13. The maximum atomic E-state index is 5.92. The van der Waals surface area contributed by atoms with E-state index in [9.17, 15) is 0 Å². The smallest absolute Gasteiger partial charge is 0.0795 e. The number of hydrogen-bond acceptors (Lipinski definition) is 5. The molecule has 17 heavy (non-hydrogen) atoms. The normalized spacial score (nSPS) is 22.9. The van der Waals surface area contributed by atoms with Gasteiger partial charge < -0.3 is 10.5 Å². The molecule has 0 aliphatic carbocycles. The topological polar surface area (TPSA) is 51.4 Å². The van der Waals surface area contributed by atoms with Crippen LogP contribution in [0.1, 0.15) is 18.5 Å². The van der Waals surface area contributed by atoms with Crippen LogP contribution < -0.4 is 5.73 Å². The van der Waals surface area contributed by atoms with Crippen molar-refractivity contribution in [2.45, 2.75) is 25.4 Å². The highest BCUT2D eigenvalue weighted by atomic mass is 32.1. The molecule has 2 N–H and O–H groups in total. The standard InChI is InChI=1S/C12H21N3OS/c1-15(6-11-8-17-9-14-11)12(5-13)10-3-2-4-16-7-10/h8-10,12H,2-7,13H2,1H3. The fourth-order valence-electron chi connectivity index (χ4n) is 2.49. The monoisotopic (exact) mass is 255 g/mol. The molecule has 1 aromatic heterocycles. The molecule has 1 aliphatic rings. The number of likely N-dealkylation sites (N-methyl/N-ethyl adjacent to an activating group) is 1. The molecular formula is C12H21N3OS. The molecule has 2 rings (SSSR count). The maximum Gasteiger partial charge on any atom is 0.0795 e. The van der Waals surface area contributed by atoms with Gasteiger partial charge in [0.2, 0.25) is 0 Å². The van der Waals surface area contributed by atoms with Crippen LogP contribution in [0, 0.1) is 5.92 Å². The van der Waals surface area contributed by atoms with Gasteiger partial charge in [-0.1, -0.05) is 0 Å². The number of ether oxygens (including phenoxy) is 1. The minimum absolute atomic E-state index is 0.400. The van der Waals surface area contributed by atoms with Gasteiger partial charge in [0.05, 0.1) is 17.8 Å². The molecule has 1 fully saturated rings. The van der Waals surface area contributed by atoms with Crippen molar-refractivity contribution in [3.8, 4) is 0 Å². The number of thiazole rings is 1. The number of hydrogen-bond donors (Lipinski definition) is 1. The van der Waals surface area contributed by atoms with Crippen LogP contribution in [0.2, 0.25) is 0 Å². The zero-order valence-electron chi connectivity index (χ0n) is 10.3. The molecule has 0 bridgehead atoms. The Hall–Kier alpha value is -0.490. The Bertz CT molecular complexity index is 312. The molecule has 5 heteroatoms. The average Bonchev–Trinajstić information content (AvgIpc) is 2.84. The van der Waals surface area contributed by atoms with Crippen LogP contribution >= 0.6 is 11.3 Å². The van der Waals surface area contributed by atoms with Crippen LogP contribution in [0.3, 0.4) is 0 Å². The lowest BCUT2D eigenvalue weighted by atomic mass is 9.92. The van der Waals surface area contributed by atoms with Gasteiger partial charge >= 0.3 is 0 Å². The number of aromatic nitrogens is 1. The minimum atomic E-state index is 0.400. The van der Waals surface area contributed by atoms with Gasteiger partial charge in [-0.25, -0.2) is 4.98 Å². The van der Waals surface area contributed by atoms with Gasteiger partial charge in [0.1, 0.15) is 0 Å². The van der Waals surface area contributed by atoms with Gasteiger partial charge in [0, 0.05) is 31.1 Å². The van der Waals surface area contributed by atoms with E-state index in [4.69, 9.17) is 10.5 Å². The molecule has 0 amide bonds. The third-order valence-corrected chi connectivity index (χ3v) is 4.08. The summed E-state index contributed by atoms with van der Waals surface area (Å²) < 4.78 is 5.55. The summed E-state index contributed by atoms with van der Waals surface area (Å²) in [5.41, 5.74) is 8.93. The molecule has 2 atom stereocenters. The summed E-state index contributed by atoms with van der Waals surface area (Å²) in [6.07, 6.45) is 2.38. The average molecular weight is 255 g/mol. The van der Waals surface area contributed by atoms with Crippen molar-refractivity contribution in [3.05, 3.63) is 16.6 Å². The van der Waals surface area contributed by atoms with Gasteiger partial charge in [0.25, 0.3) is 0 Å². The highest BCUT2D eigenvalue weighted by Gasteiger charge is 2.26. The SMILES string of the molecule is CN(Cc1cscn1)C(CN)C1CCCOC1. The fourth-order valence-corrected chi connectivity index (χ4v) is 3.04. The molecule has 1 aliphatic heterocycles. The van der Waals surface area contributed by atoms with Gasteiger partial charge in [-0.15, -0.1) is 11.3 Å². The minimum Gasteiger partial charge on any atom is -0.381 e. The van der Waals surface area contributed by atoms with Crippen molar-refractivity contribution < 1.29 is 4.74 Å². The summed E-state index contributed by atoms with van der Waals surface area (Å²) in [5, 5.41) is 2.10. The second kappa shape index (κ2) is 6.44. The largest absolute Gasteiger partial charge is 0.381 e. The van der Waals surface area contributed by atoms with E-state index >= 15 is 0 Å². The first kappa shape index (κ1) is 13.0. The first-order valence-electron chi connectivity index (χ1n) is 6.16. The van der Waals surface area contributed by atoms with Crippen LogP contribution in [0.25, 0.3) is 0 Å². The zero-order valence-corrected chi connectivity index (χ0v) is 11.2. The molecule has 0 aromatic carbocycles. The predicted octanol–water partition coefficient (Wildman–Crippen LogP) is 1.33. The second-order valence-electron chi connectivity index (χ2n) is 4.68. The Morgan fingerprint density at radius 3 is 3.18 bits per heavy atom. The number of nitrogens with two attached hydrogens (primary N) is 1. The van der Waals surface area contributed by atoms with E-state index in [1.165, 1.54) is 6.42 Å². The summed E-state index contributed by atoms with van der Waals surface area (Å²) in [6, 6.07) is 0.400. The van der Waals surface area contributed by atoms with Gasteiger partial charge in [-0.3, -0.25) is 4.90 Å². The number of rotatable bonds is 5. The molecule has 4 nitrogen and oxygen atoms in total. The van der Waals surface area contributed by atoms with Gasteiger partial charge in [-0.05, 0) is 25.8 Å². The third-order valence-electron chi connectivity index (χ3n) is 3.44. The molecular weight excluding hydrogens is 234 g/mol. The summed E-state index contributed by atoms with van der Waals surface area (Å²) in [4.78, 5) is 6.64. The number of nitrogens with zero attached hydrogens (tertiary/aromatic N) is 2. The lowest BCUT2D eigenvalue weighted by molar-refractivity contribution is 0.0154. The van der Waals surface area contributed by atoms with Crippen LogP contribution in [0.5, 0.6) is 0 Å². The molecule has 96 valence electrons. The lowest BCUT2D eigenvalue weighted by Gasteiger charge is -2.35. The lowest BCUT2D eigenvalue weighted by Crippen LogP contribution is -2.45.